The highest BCUT2D eigenvalue weighted by molar-refractivity contribution is 5.81. The van der Waals surface area contributed by atoms with Crippen LogP contribution in [0.5, 0.6) is 0 Å². The Morgan fingerprint density at radius 1 is 1.45 bits per heavy atom. The van der Waals surface area contributed by atoms with E-state index in [0.717, 1.165) is 0 Å². The Bertz CT molecular complexity index is 618. The molecule has 1 saturated heterocycles. The predicted octanol–water partition coefficient (Wildman–Crippen LogP) is -1.33. The average molecular weight is 281 g/mol. The maximum atomic E-state index is 10.0. The molecule has 0 aliphatic carbocycles. The van der Waals surface area contributed by atoms with Crippen LogP contribution >= 0.6 is 0 Å². The van der Waals surface area contributed by atoms with Crippen molar-refractivity contribution in [2.45, 2.75) is 24.5 Å². The van der Waals surface area contributed by atoms with Gasteiger partial charge in [-0.1, -0.05) is 0 Å². The van der Waals surface area contributed by atoms with Crippen LogP contribution in [0.4, 0.5) is 5.82 Å². The highest BCUT2D eigenvalue weighted by Gasteiger charge is 2.45. The van der Waals surface area contributed by atoms with Gasteiger partial charge in [-0.3, -0.25) is 4.57 Å². The first kappa shape index (κ1) is 13.2. The number of aromatic nitrogens is 4. The molecule has 2 aromatic heterocycles. The van der Waals surface area contributed by atoms with E-state index < -0.39 is 24.5 Å². The van der Waals surface area contributed by atoms with Crippen LogP contribution in [0.15, 0.2) is 12.7 Å². The third-order valence-electron chi connectivity index (χ3n) is 3.43. The summed E-state index contributed by atoms with van der Waals surface area (Å²) in [4.78, 5) is 12.1. The van der Waals surface area contributed by atoms with Gasteiger partial charge >= 0.3 is 0 Å². The molecular formula is C11H15N5O4. The zero-order chi connectivity index (χ0) is 14.3. The van der Waals surface area contributed by atoms with Gasteiger partial charge in [0.15, 0.2) is 17.7 Å². The van der Waals surface area contributed by atoms with Crippen molar-refractivity contribution in [3.8, 4) is 0 Å². The first-order valence-electron chi connectivity index (χ1n) is 6.07. The fourth-order valence-electron chi connectivity index (χ4n) is 2.40. The molecule has 1 unspecified atom stereocenters. The number of nitrogens with two attached hydrogens (primary N) is 1. The maximum Gasteiger partial charge on any atom is 0.167 e. The van der Waals surface area contributed by atoms with Crippen LogP contribution in [0.25, 0.3) is 11.2 Å². The van der Waals surface area contributed by atoms with Crippen LogP contribution in [-0.4, -0.2) is 61.8 Å². The lowest BCUT2D eigenvalue weighted by atomic mass is 10.1. The quantitative estimate of drug-likeness (QED) is 0.631. The highest BCUT2D eigenvalue weighted by atomic mass is 16.6. The van der Waals surface area contributed by atoms with Crippen LogP contribution in [0, 0.1) is 0 Å². The summed E-state index contributed by atoms with van der Waals surface area (Å²) >= 11 is 0. The Balaban J connectivity index is 2.04. The smallest absolute Gasteiger partial charge is 0.167 e. The molecule has 1 fully saturated rings. The number of methoxy groups -OCH3 is 1. The van der Waals surface area contributed by atoms with Crippen molar-refractivity contribution in [3.05, 3.63) is 12.7 Å². The molecule has 9 nitrogen and oxygen atoms in total. The molecule has 9 heteroatoms. The molecule has 0 aromatic carbocycles. The number of aliphatic hydroxyl groups excluding tert-OH is 2. The number of hydrogen-bond donors (Lipinski definition) is 3. The normalized spacial score (nSPS) is 30.1. The fraction of sp³-hybridized carbons (Fsp3) is 0.545. The van der Waals surface area contributed by atoms with E-state index in [0.29, 0.717) is 11.2 Å². The number of imidazole rings is 1. The molecule has 1 aliphatic heterocycles. The lowest BCUT2D eigenvalue weighted by Crippen LogP contribution is -2.34. The van der Waals surface area contributed by atoms with Crippen molar-refractivity contribution >= 4 is 17.0 Å². The molecule has 1 aliphatic rings. The van der Waals surface area contributed by atoms with Gasteiger partial charge in [-0.25, -0.2) is 15.0 Å². The first-order valence-corrected chi connectivity index (χ1v) is 6.07. The number of hydrogen-bond acceptors (Lipinski definition) is 8. The second-order valence-corrected chi connectivity index (χ2v) is 4.52. The van der Waals surface area contributed by atoms with Gasteiger partial charge in [0.1, 0.15) is 30.2 Å². The van der Waals surface area contributed by atoms with Gasteiger partial charge in [-0.05, 0) is 0 Å². The topological polar surface area (TPSA) is 129 Å². The number of nitrogen functional groups attached to an aromatic ring is 1. The number of rotatable bonds is 3. The van der Waals surface area contributed by atoms with E-state index in [9.17, 15) is 10.2 Å². The predicted molar refractivity (Wildman–Crippen MR) is 67.5 cm³/mol. The molecular weight excluding hydrogens is 266 g/mol. The van der Waals surface area contributed by atoms with E-state index in [1.54, 1.807) is 4.57 Å². The Morgan fingerprint density at radius 2 is 2.25 bits per heavy atom. The number of nitrogens with zero attached hydrogens (tertiary/aromatic N) is 4. The summed E-state index contributed by atoms with van der Waals surface area (Å²) in [6.45, 7) is -0.304. The van der Waals surface area contributed by atoms with Crippen molar-refractivity contribution in [1.29, 1.82) is 0 Å². The minimum Gasteiger partial charge on any atom is -0.394 e. The number of aliphatic hydroxyl groups is 2. The lowest BCUT2D eigenvalue weighted by Gasteiger charge is -2.19. The number of fused-ring (bicyclic) bond motifs is 1. The molecule has 108 valence electrons. The summed E-state index contributed by atoms with van der Waals surface area (Å²) in [6, 6.07) is 0. The fourth-order valence-corrected chi connectivity index (χ4v) is 2.40. The Hall–Kier alpha value is -1.81. The van der Waals surface area contributed by atoms with E-state index in [-0.39, 0.29) is 12.4 Å². The van der Waals surface area contributed by atoms with Gasteiger partial charge in [0.25, 0.3) is 0 Å². The summed E-state index contributed by atoms with van der Waals surface area (Å²) in [5.74, 6) is 0.264. The molecule has 3 rings (SSSR count). The van der Waals surface area contributed by atoms with Crippen LogP contribution < -0.4 is 5.73 Å². The summed E-state index contributed by atoms with van der Waals surface area (Å²) in [5.41, 5.74) is 6.66. The van der Waals surface area contributed by atoms with Gasteiger partial charge in [0, 0.05) is 7.11 Å². The van der Waals surface area contributed by atoms with Crippen LogP contribution in [0.3, 0.4) is 0 Å². The Kier molecular flexibility index (Phi) is 3.26. The molecule has 2 aromatic rings. The molecule has 0 amide bonds. The molecule has 20 heavy (non-hydrogen) atoms. The van der Waals surface area contributed by atoms with Gasteiger partial charge in [-0.2, -0.15) is 0 Å². The van der Waals surface area contributed by atoms with Crippen molar-refractivity contribution in [3.63, 3.8) is 0 Å². The van der Waals surface area contributed by atoms with Gasteiger partial charge in [0.05, 0.1) is 12.9 Å². The van der Waals surface area contributed by atoms with E-state index >= 15 is 0 Å². The third kappa shape index (κ3) is 1.83. The minimum absolute atomic E-state index is 0.264. The van der Waals surface area contributed by atoms with Crippen LogP contribution in [0.2, 0.25) is 0 Å². The maximum absolute atomic E-state index is 10.0. The van der Waals surface area contributed by atoms with Gasteiger partial charge in [-0.15, -0.1) is 0 Å². The van der Waals surface area contributed by atoms with Crippen molar-refractivity contribution < 1.29 is 19.7 Å². The molecule has 0 saturated carbocycles. The van der Waals surface area contributed by atoms with Crippen LogP contribution in [-0.2, 0) is 9.47 Å². The monoisotopic (exact) mass is 281 g/mol. The van der Waals surface area contributed by atoms with Crippen molar-refractivity contribution in [1.82, 2.24) is 19.5 Å². The summed E-state index contributed by atoms with van der Waals surface area (Å²) in [5, 5.41) is 19.3. The van der Waals surface area contributed by atoms with E-state index in [1.165, 1.54) is 19.8 Å². The summed E-state index contributed by atoms with van der Waals surface area (Å²) < 4.78 is 12.5. The average Bonchev–Trinajstić information content (AvgIpc) is 3.00. The summed E-state index contributed by atoms with van der Waals surface area (Å²) in [6.07, 6.45) is -0.119. The summed E-state index contributed by atoms with van der Waals surface area (Å²) in [7, 11) is 1.46. The SMILES string of the molecule is CO[C@H]1C(n2cnc3c(N)ncnc32)O[C@H](CO)[C@H]1O. The molecule has 3 heterocycles. The Labute approximate surface area is 114 Å². The van der Waals surface area contributed by atoms with Crippen LogP contribution in [0.1, 0.15) is 6.23 Å². The highest BCUT2D eigenvalue weighted by Crippen LogP contribution is 2.33. The molecule has 0 radical (unpaired) electrons. The third-order valence-corrected chi connectivity index (χ3v) is 3.43. The lowest BCUT2D eigenvalue weighted by molar-refractivity contribution is -0.0583. The minimum atomic E-state index is -0.938. The molecule has 4 N–H and O–H groups in total. The van der Waals surface area contributed by atoms with Crippen molar-refractivity contribution in [2.24, 2.45) is 0 Å². The molecule has 0 bridgehead atoms. The van der Waals surface area contributed by atoms with Crippen molar-refractivity contribution in [2.75, 3.05) is 19.5 Å². The molecule has 0 spiro atoms. The zero-order valence-corrected chi connectivity index (χ0v) is 10.7. The molecule has 4 atom stereocenters. The second-order valence-electron chi connectivity index (χ2n) is 4.52. The standard InChI is InChI=1S/C11H15N5O4/c1-19-8-7(18)5(2-17)20-11(8)16-4-15-6-9(12)13-3-14-10(6)16/h3-5,7-8,11,17-18H,2H2,1H3,(H2,12,13,14)/t5-,7-,8-,11?/m1/s1. The number of ether oxygens (including phenoxy) is 2. The Morgan fingerprint density at radius 3 is 2.95 bits per heavy atom. The van der Waals surface area contributed by atoms with Gasteiger partial charge < -0.3 is 25.4 Å². The number of anilines is 1. The van der Waals surface area contributed by atoms with E-state index in [4.69, 9.17) is 15.2 Å². The second kappa shape index (κ2) is 4.94. The zero-order valence-electron chi connectivity index (χ0n) is 10.7. The van der Waals surface area contributed by atoms with Gasteiger partial charge in [0.2, 0.25) is 0 Å². The van der Waals surface area contributed by atoms with E-state index in [2.05, 4.69) is 15.0 Å². The van der Waals surface area contributed by atoms with E-state index in [1.807, 2.05) is 0 Å². The first-order chi connectivity index (χ1) is 9.67. The largest absolute Gasteiger partial charge is 0.394 e.